The van der Waals surface area contributed by atoms with E-state index in [0.29, 0.717) is 22.7 Å². The lowest BCUT2D eigenvalue weighted by atomic mass is 10.1. The van der Waals surface area contributed by atoms with Crippen LogP contribution in [0.2, 0.25) is 0 Å². The van der Waals surface area contributed by atoms with Crippen LogP contribution < -0.4 is 20.1 Å². The van der Waals surface area contributed by atoms with Crippen molar-refractivity contribution in [2.45, 2.75) is 6.42 Å². The summed E-state index contributed by atoms with van der Waals surface area (Å²) >= 11 is 0. The van der Waals surface area contributed by atoms with Crippen LogP contribution in [0.25, 0.3) is 0 Å². The number of nitrogens with zero attached hydrogens (tertiary/aromatic N) is 1. The van der Waals surface area contributed by atoms with Gasteiger partial charge in [-0.15, -0.1) is 0 Å². The molecule has 0 aliphatic rings. The van der Waals surface area contributed by atoms with Gasteiger partial charge in [0, 0.05) is 29.5 Å². The van der Waals surface area contributed by atoms with Crippen molar-refractivity contribution in [2.24, 2.45) is 0 Å². The molecule has 0 atom stereocenters. The fourth-order valence-electron chi connectivity index (χ4n) is 3.06. The number of carbonyl (C=O) groups excluding carboxylic acids is 2. The first-order chi connectivity index (χ1) is 15.9. The monoisotopic (exact) mass is 447 g/mol. The van der Waals surface area contributed by atoms with Gasteiger partial charge in [-0.25, -0.2) is 0 Å². The molecule has 0 saturated carbocycles. The highest BCUT2D eigenvalue weighted by atomic mass is 16.5. The van der Waals surface area contributed by atoms with Gasteiger partial charge in [-0.1, -0.05) is 18.2 Å². The maximum atomic E-state index is 12.5. The first-order valence-electron chi connectivity index (χ1n) is 10.6. The molecule has 0 bridgehead atoms. The number of hydrogen-bond acceptors (Lipinski definition) is 5. The summed E-state index contributed by atoms with van der Waals surface area (Å²) in [6.45, 7) is 0.825. The largest absolute Gasteiger partial charge is 0.497 e. The van der Waals surface area contributed by atoms with E-state index < -0.39 is 0 Å². The zero-order chi connectivity index (χ0) is 23.6. The van der Waals surface area contributed by atoms with E-state index in [-0.39, 0.29) is 18.4 Å². The van der Waals surface area contributed by atoms with Gasteiger partial charge in [0.2, 0.25) is 0 Å². The van der Waals surface area contributed by atoms with Crippen LogP contribution >= 0.6 is 0 Å². The van der Waals surface area contributed by atoms with Crippen molar-refractivity contribution in [3.05, 3.63) is 83.9 Å². The first kappa shape index (κ1) is 23.8. The molecule has 0 heterocycles. The summed E-state index contributed by atoms with van der Waals surface area (Å²) in [5, 5.41) is 5.64. The molecule has 0 saturated heterocycles. The van der Waals surface area contributed by atoms with Gasteiger partial charge in [-0.3, -0.25) is 9.59 Å². The van der Waals surface area contributed by atoms with Gasteiger partial charge in [0.15, 0.2) is 6.61 Å². The molecule has 0 fully saturated rings. The van der Waals surface area contributed by atoms with Crippen LogP contribution in [0.15, 0.2) is 72.8 Å². The van der Waals surface area contributed by atoms with E-state index in [1.807, 2.05) is 38.4 Å². The van der Waals surface area contributed by atoms with Gasteiger partial charge in [0.25, 0.3) is 11.8 Å². The smallest absolute Gasteiger partial charge is 0.262 e. The maximum Gasteiger partial charge on any atom is 0.262 e. The van der Waals surface area contributed by atoms with Crippen LogP contribution in [0.4, 0.5) is 11.4 Å². The number of rotatable bonds is 10. The van der Waals surface area contributed by atoms with E-state index in [1.165, 1.54) is 5.56 Å². The molecule has 0 spiro atoms. The second-order valence-corrected chi connectivity index (χ2v) is 7.80. The summed E-state index contributed by atoms with van der Waals surface area (Å²) in [7, 11) is 5.65. The first-order valence-corrected chi connectivity index (χ1v) is 10.6. The number of benzene rings is 3. The van der Waals surface area contributed by atoms with E-state index in [9.17, 15) is 9.59 Å². The molecule has 0 radical (unpaired) electrons. The summed E-state index contributed by atoms with van der Waals surface area (Å²) < 4.78 is 10.7. The fraction of sp³-hybridized carbons (Fsp3) is 0.231. The molecule has 3 aromatic rings. The number of amides is 2. The molecule has 7 heteroatoms. The molecule has 2 N–H and O–H groups in total. The summed E-state index contributed by atoms with van der Waals surface area (Å²) in [6.07, 6.45) is 0.959. The Hall–Kier alpha value is -3.84. The topological polar surface area (TPSA) is 79.9 Å². The molecular formula is C26H29N3O4. The van der Waals surface area contributed by atoms with Crippen molar-refractivity contribution in [3.8, 4) is 11.5 Å². The van der Waals surface area contributed by atoms with Crippen LogP contribution in [-0.4, -0.2) is 51.1 Å². The van der Waals surface area contributed by atoms with Crippen LogP contribution in [0.5, 0.6) is 11.5 Å². The number of ether oxygens (including phenoxy) is 2. The normalized spacial score (nSPS) is 10.5. The molecule has 2 amide bonds. The van der Waals surface area contributed by atoms with E-state index >= 15 is 0 Å². The zero-order valence-corrected chi connectivity index (χ0v) is 19.1. The molecule has 0 unspecified atom stereocenters. The molecule has 7 nitrogen and oxygen atoms in total. The van der Waals surface area contributed by atoms with Gasteiger partial charge >= 0.3 is 0 Å². The Kier molecular flexibility index (Phi) is 8.43. The molecule has 172 valence electrons. The SMILES string of the molecule is COc1cccc(NC(=O)COc2ccc(C(=O)Nc3ccc(CCN(C)C)cc3)cc2)c1. The van der Waals surface area contributed by atoms with Crippen LogP contribution in [0, 0.1) is 0 Å². The summed E-state index contributed by atoms with van der Waals surface area (Å²) in [5.41, 5.74) is 3.09. The van der Waals surface area contributed by atoms with E-state index in [4.69, 9.17) is 9.47 Å². The Labute approximate surface area is 194 Å². The number of methoxy groups -OCH3 is 1. The predicted octanol–water partition coefficient (Wildman–Crippen LogP) is 4.07. The van der Waals surface area contributed by atoms with Crippen LogP contribution in [0.3, 0.4) is 0 Å². The summed E-state index contributed by atoms with van der Waals surface area (Å²) in [6, 6.07) is 21.6. The zero-order valence-electron chi connectivity index (χ0n) is 19.1. The van der Waals surface area contributed by atoms with Gasteiger partial charge in [-0.2, -0.15) is 0 Å². The van der Waals surface area contributed by atoms with Gasteiger partial charge in [0.05, 0.1) is 7.11 Å². The Morgan fingerprint density at radius 2 is 1.58 bits per heavy atom. The lowest BCUT2D eigenvalue weighted by molar-refractivity contribution is -0.118. The standard InChI is InChI=1S/C26H29N3O4/c1-29(2)16-15-19-7-11-21(12-8-19)28-26(31)20-9-13-23(14-10-20)33-18-25(30)27-22-5-4-6-24(17-22)32-3/h4-14,17H,15-16,18H2,1-3H3,(H,27,30)(H,28,31). The third kappa shape index (κ3) is 7.66. The molecule has 0 aliphatic carbocycles. The highest BCUT2D eigenvalue weighted by molar-refractivity contribution is 6.04. The van der Waals surface area contributed by atoms with Crippen molar-refractivity contribution in [3.63, 3.8) is 0 Å². The van der Waals surface area contributed by atoms with Crippen molar-refractivity contribution < 1.29 is 19.1 Å². The van der Waals surface area contributed by atoms with Gasteiger partial charge in [0.1, 0.15) is 11.5 Å². The minimum Gasteiger partial charge on any atom is -0.497 e. The second-order valence-electron chi connectivity index (χ2n) is 7.80. The maximum absolute atomic E-state index is 12.5. The Morgan fingerprint density at radius 3 is 2.24 bits per heavy atom. The second kappa shape index (κ2) is 11.7. The van der Waals surface area contributed by atoms with Gasteiger partial charge < -0.3 is 25.0 Å². The molecule has 0 aromatic heterocycles. The minimum atomic E-state index is -0.292. The molecule has 3 aromatic carbocycles. The average Bonchev–Trinajstić information content (AvgIpc) is 2.82. The number of hydrogen-bond donors (Lipinski definition) is 2. The number of anilines is 2. The minimum absolute atomic E-state index is 0.150. The van der Waals surface area contributed by atoms with Crippen molar-refractivity contribution in [1.29, 1.82) is 0 Å². The van der Waals surface area contributed by atoms with Crippen molar-refractivity contribution in [2.75, 3.05) is 45.0 Å². The average molecular weight is 448 g/mol. The quantitative estimate of drug-likeness (QED) is 0.490. The van der Waals surface area contributed by atoms with E-state index in [2.05, 4.69) is 15.5 Å². The molecular weight excluding hydrogens is 418 g/mol. The lowest BCUT2D eigenvalue weighted by Gasteiger charge is -2.11. The molecule has 33 heavy (non-hydrogen) atoms. The lowest BCUT2D eigenvalue weighted by Crippen LogP contribution is -2.20. The Bertz CT molecular complexity index is 1060. The molecule has 3 rings (SSSR count). The van der Waals surface area contributed by atoms with E-state index in [1.54, 1.807) is 55.6 Å². The third-order valence-electron chi connectivity index (χ3n) is 4.90. The summed E-state index contributed by atoms with van der Waals surface area (Å²) in [5.74, 6) is 0.651. The van der Waals surface area contributed by atoms with Crippen LogP contribution in [0.1, 0.15) is 15.9 Å². The van der Waals surface area contributed by atoms with Crippen molar-refractivity contribution >= 4 is 23.2 Å². The third-order valence-corrected chi connectivity index (χ3v) is 4.90. The highest BCUT2D eigenvalue weighted by Crippen LogP contribution is 2.18. The Morgan fingerprint density at radius 1 is 0.848 bits per heavy atom. The van der Waals surface area contributed by atoms with Gasteiger partial charge in [-0.05, 0) is 74.6 Å². The molecule has 0 aliphatic heterocycles. The Balaban J connectivity index is 1.48. The number of carbonyl (C=O) groups is 2. The van der Waals surface area contributed by atoms with E-state index in [0.717, 1.165) is 18.7 Å². The number of nitrogens with one attached hydrogen (secondary N) is 2. The highest BCUT2D eigenvalue weighted by Gasteiger charge is 2.08. The summed E-state index contributed by atoms with van der Waals surface area (Å²) in [4.78, 5) is 26.8. The van der Waals surface area contributed by atoms with Crippen molar-refractivity contribution in [1.82, 2.24) is 4.90 Å². The predicted molar refractivity (Wildman–Crippen MR) is 130 cm³/mol. The van der Waals surface area contributed by atoms with Crippen LogP contribution in [-0.2, 0) is 11.2 Å². The number of likely N-dealkylation sites (N-methyl/N-ethyl adjacent to an activating group) is 1. The fourth-order valence-corrected chi connectivity index (χ4v) is 3.06.